The van der Waals surface area contributed by atoms with Crippen molar-refractivity contribution in [3.63, 3.8) is 0 Å². The first-order valence-corrected chi connectivity index (χ1v) is 9.63. The van der Waals surface area contributed by atoms with Gasteiger partial charge in [0, 0.05) is 25.6 Å². The Morgan fingerprint density at radius 1 is 1.29 bits per heavy atom. The lowest BCUT2D eigenvalue weighted by atomic mass is 9.83. The van der Waals surface area contributed by atoms with E-state index in [0.717, 1.165) is 48.9 Å². The summed E-state index contributed by atoms with van der Waals surface area (Å²) in [5.74, 6) is 0.382. The van der Waals surface area contributed by atoms with Crippen molar-refractivity contribution in [2.45, 2.75) is 38.7 Å². The van der Waals surface area contributed by atoms with Crippen molar-refractivity contribution in [2.24, 2.45) is 11.8 Å². The van der Waals surface area contributed by atoms with Crippen LogP contribution >= 0.6 is 11.3 Å². The molecule has 0 unspecified atom stereocenters. The molecule has 24 heavy (non-hydrogen) atoms. The van der Waals surface area contributed by atoms with Crippen molar-refractivity contribution in [1.82, 2.24) is 15.3 Å². The number of rotatable bonds is 2. The number of amides is 1. The highest BCUT2D eigenvalue weighted by Crippen LogP contribution is 2.35. The summed E-state index contributed by atoms with van der Waals surface area (Å²) in [5, 5.41) is 11.9. The summed E-state index contributed by atoms with van der Waals surface area (Å²) >= 11 is 1.63. The zero-order valence-corrected chi connectivity index (χ0v) is 14.8. The second-order valence-electron chi connectivity index (χ2n) is 6.88. The Bertz CT molecular complexity index is 590. The first-order chi connectivity index (χ1) is 11.7. The van der Waals surface area contributed by atoms with E-state index in [4.69, 9.17) is 9.57 Å². The zero-order chi connectivity index (χ0) is 16.5. The molecule has 8 heteroatoms. The fourth-order valence-corrected chi connectivity index (χ4v) is 4.59. The number of aromatic nitrogens is 2. The number of aryl methyl sites for hydroxylation is 1. The molecule has 0 aliphatic carbocycles. The van der Waals surface area contributed by atoms with E-state index in [0.29, 0.717) is 25.7 Å². The average Bonchev–Trinajstić information content (AvgIpc) is 3.07. The molecule has 3 saturated heterocycles. The minimum atomic E-state index is -0.0829. The standard InChI is InChI=1S/C16H24N4O3S/c1-11-17-18-16(24-11)19-6-4-14-12(9-19)8-13(10-22-14)15(21)20-5-2-3-7-23-20/h12-14H,2-10H2,1H3/t12-,13-,14+/m1/s1. The zero-order valence-electron chi connectivity index (χ0n) is 14.0. The molecule has 3 aliphatic heterocycles. The van der Waals surface area contributed by atoms with E-state index < -0.39 is 0 Å². The van der Waals surface area contributed by atoms with Crippen LogP contribution in [0.15, 0.2) is 0 Å². The van der Waals surface area contributed by atoms with Gasteiger partial charge in [-0.3, -0.25) is 9.63 Å². The number of hydrogen-bond donors (Lipinski definition) is 0. The fourth-order valence-electron chi connectivity index (χ4n) is 3.86. The van der Waals surface area contributed by atoms with Gasteiger partial charge in [0.2, 0.25) is 5.13 Å². The van der Waals surface area contributed by atoms with Gasteiger partial charge < -0.3 is 9.64 Å². The highest BCUT2D eigenvalue weighted by Gasteiger charge is 2.40. The van der Waals surface area contributed by atoms with Crippen LogP contribution in [-0.2, 0) is 14.4 Å². The van der Waals surface area contributed by atoms with Crippen LogP contribution in [0.1, 0.15) is 30.7 Å². The summed E-state index contributed by atoms with van der Waals surface area (Å²) in [4.78, 5) is 20.5. The third-order valence-electron chi connectivity index (χ3n) is 5.15. The van der Waals surface area contributed by atoms with Crippen LogP contribution in [0.3, 0.4) is 0 Å². The van der Waals surface area contributed by atoms with Crippen LogP contribution in [0.25, 0.3) is 0 Å². The Kier molecular flexibility index (Phi) is 4.69. The number of carbonyl (C=O) groups excluding carboxylic acids is 1. The Labute approximate surface area is 145 Å². The van der Waals surface area contributed by atoms with Crippen molar-refractivity contribution in [3.05, 3.63) is 5.01 Å². The Balaban J connectivity index is 1.39. The molecule has 3 aliphatic rings. The van der Waals surface area contributed by atoms with Gasteiger partial charge in [-0.15, -0.1) is 10.2 Å². The summed E-state index contributed by atoms with van der Waals surface area (Å²) < 4.78 is 6.03. The first kappa shape index (κ1) is 16.2. The second-order valence-corrected chi connectivity index (χ2v) is 8.04. The van der Waals surface area contributed by atoms with Crippen LogP contribution in [0.5, 0.6) is 0 Å². The molecule has 1 aromatic rings. The number of hydrogen-bond acceptors (Lipinski definition) is 7. The Morgan fingerprint density at radius 3 is 2.96 bits per heavy atom. The minimum absolute atomic E-state index is 0.0829. The van der Waals surface area contributed by atoms with Crippen LogP contribution in [-0.4, -0.2) is 60.1 Å². The van der Waals surface area contributed by atoms with Gasteiger partial charge in [0.05, 0.1) is 25.2 Å². The van der Waals surface area contributed by atoms with Crippen molar-refractivity contribution in [1.29, 1.82) is 0 Å². The van der Waals surface area contributed by atoms with Crippen LogP contribution in [0.4, 0.5) is 5.13 Å². The number of ether oxygens (including phenoxy) is 1. The summed E-state index contributed by atoms with van der Waals surface area (Å²) in [7, 11) is 0. The maximum Gasteiger partial charge on any atom is 0.251 e. The average molecular weight is 352 g/mol. The van der Waals surface area contributed by atoms with Crippen LogP contribution < -0.4 is 4.90 Å². The molecule has 0 radical (unpaired) electrons. The largest absolute Gasteiger partial charge is 0.377 e. The third kappa shape index (κ3) is 3.27. The molecule has 0 aromatic carbocycles. The van der Waals surface area contributed by atoms with Gasteiger partial charge in [-0.1, -0.05) is 11.3 Å². The number of piperidine rings is 1. The molecule has 4 rings (SSSR count). The molecule has 1 amide bonds. The van der Waals surface area contributed by atoms with Crippen molar-refractivity contribution < 1.29 is 14.4 Å². The van der Waals surface area contributed by atoms with Gasteiger partial charge >= 0.3 is 0 Å². The molecule has 0 N–H and O–H groups in total. The second kappa shape index (κ2) is 6.93. The number of carbonyl (C=O) groups is 1. The van der Waals surface area contributed by atoms with Gasteiger partial charge in [-0.05, 0) is 32.6 Å². The normalized spacial score (nSPS) is 31.0. The molecule has 0 saturated carbocycles. The lowest BCUT2D eigenvalue weighted by molar-refractivity contribution is -0.207. The SMILES string of the molecule is Cc1nnc(N2CC[C@@H]3OC[C@H](C(=O)N4CCCCO4)C[C@@H]3C2)s1. The van der Waals surface area contributed by atoms with E-state index in [1.807, 2.05) is 6.92 Å². The monoisotopic (exact) mass is 352 g/mol. The molecular formula is C16H24N4O3S. The van der Waals surface area contributed by atoms with E-state index in [2.05, 4.69) is 15.1 Å². The van der Waals surface area contributed by atoms with Gasteiger partial charge in [0.15, 0.2) is 0 Å². The Hall–Kier alpha value is -1.25. The molecule has 0 spiro atoms. The van der Waals surface area contributed by atoms with Crippen molar-refractivity contribution in [2.75, 3.05) is 37.7 Å². The molecule has 7 nitrogen and oxygen atoms in total. The first-order valence-electron chi connectivity index (χ1n) is 8.81. The molecule has 132 valence electrons. The number of anilines is 1. The summed E-state index contributed by atoms with van der Waals surface area (Å²) in [6, 6.07) is 0. The maximum absolute atomic E-state index is 12.7. The molecule has 3 atom stereocenters. The molecule has 1 aromatic heterocycles. The summed E-state index contributed by atoms with van der Waals surface area (Å²) in [6.45, 7) is 5.70. The molecule has 3 fully saturated rings. The Morgan fingerprint density at radius 2 is 2.21 bits per heavy atom. The van der Waals surface area contributed by atoms with Gasteiger partial charge in [0.1, 0.15) is 5.01 Å². The highest BCUT2D eigenvalue weighted by atomic mass is 32.1. The van der Waals surface area contributed by atoms with E-state index in [1.54, 1.807) is 16.4 Å². The summed E-state index contributed by atoms with van der Waals surface area (Å²) in [5.41, 5.74) is 0. The van der Waals surface area contributed by atoms with Crippen molar-refractivity contribution >= 4 is 22.4 Å². The molecule has 0 bridgehead atoms. The predicted molar refractivity (Wildman–Crippen MR) is 89.7 cm³/mol. The number of hydroxylamine groups is 2. The minimum Gasteiger partial charge on any atom is -0.377 e. The van der Waals surface area contributed by atoms with Crippen molar-refractivity contribution in [3.8, 4) is 0 Å². The lowest BCUT2D eigenvalue weighted by Gasteiger charge is -2.43. The van der Waals surface area contributed by atoms with Crippen LogP contribution in [0.2, 0.25) is 0 Å². The maximum atomic E-state index is 12.7. The molecular weight excluding hydrogens is 328 g/mol. The predicted octanol–water partition coefficient (Wildman–Crippen LogP) is 1.63. The molecule has 4 heterocycles. The van der Waals surface area contributed by atoms with Crippen LogP contribution in [0, 0.1) is 18.8 Å². The van der Waals surface area contributed by atoms with E-state index in [1.165, 1.54) is 0 Å². The van der Waals surface area contributed by atoms with E-state index in [-0.39, 0.29) is 17.9 Å². The number of fused-ring (bicyclic) bond motifs is 1. The summed E-state index contributed by atoms with van der Waals surface area (Å²) in [6.07, 6.45) is 4.19. The third-order valence-corrected chi connectivity index (χ3v) is 6.05. The number of nitrogens with zero attached hydrogens (tertiary/aromatic N) is 4. The lowest BCUT2D eigenvalue weighted by Crippen LogP contribution is -2.51. The van der Waals surface area contributed by atoms with Gasteiger partial charge in [-0.25, -0.2) is 5.06 Å². The fraction of sp³-hybridized carbons (Fsp3) is 0.812. The topological polar surface area (TPSA) is 67.8 Å². The highest BCUT2D eigenvalue weighted by molar-refractivity contribution is 7.15. The van der Waals surface area contributed by atoms with Gasteiger partial charge in [-0.2, -0.15) is 0 Å². The van der Waals surface area contributed by atoms with E-state index in [9.17, 15) is 4.79 Å². The smallest absolute Gasteiger partial charge is 0.251 e. The quantitative estimate of drug-likeness (QED) is 0.806. The van der Waals surface area contributed by atoms with Gasteiger partial charge in [0.25, 0.3) is 5.91 Å². The van der Waals surface area contributed by atoms with E-state index >= 15 is 0 Å².